The first kappa shape index (κ1) is 20.8. The second-order valence-electron chi connectivity index (χ2n) is 6.85. The molecule has 1 atom stereocenters. The highest BCUT2D eigenvalue weighted by Gasteiger charge is 2.17. The summed E-state index contributed by atoms with van der Waals surface area (Å²) in [6, 6.07) is 16.0. The lowest BCUT2D eigenvalue weighted by Gasteiger charge is -2.14. The van der Waals surface area contributed by atoms with E-state index in [0.29, 0.717) is 18.0 Å². The number of methoxy groups -OCH3 is 2. The minimum absolute atomic E-state index is 0.587. The van der Waals surface area contributed by atoms with Gasteiger partial charge in [-0.3, -0.25) is 4.57 Å². The van der Waals surface area contributed by atoms with E-state index in [-0.39, 0.29) is 0 Å². The minimum Gasteiger partial charge on any atom is -0.497 e. The molecule has 0 radical (unpaired) electrons. The van der Waals surface area contributed by atoms with Gasteiger partial charge >= 0.3 is 0 Å². The van der Waals surface area contributed by atoms with Crippen LogP contribution in [0.2, 0.25) is 0 Å². The van der Waals surface area contributed by atoms with Gasteiger partial charge in [0.15, 0.2) is 12.5 Å². The van der Waals surface area contributed by atoms with Crippen LogP contribution in [0.3, 0.4) is 0 Å². The van der Waals surface area contributed by atoms with Gasteiger partial charge in [0, 0.05) is 12.1 Å². The Kier molecular flexibility index (Phi) is 6.85. The van der Waals surface area contributed by atoms with Crippen molar-refractivity contribution in [1.29, 1.82) is 0 Å². The van der Waals surface area contributed by atoms with E-state index in [9.17, 15) is 0 Å². The van der Waals surface area contributed by atoms with Crippen molar-refractivity contribution in [1.82, 2.24) is 14.3 Å². The Morgan fingerprint density at radius 1 is 1.10 bits per heavy atom. The van der Waals surface area contributed by atoms with Gasteiger partial charge in [-0.25, -0.2) is 0 Å². The van der Waals surface area contributed by atoms with Gasteiger partial charge in [-0.1, -0.05) is 18.2 Å². The van der Waals surface area contributed by atoms with Crippen molar-refractivity contribution in [2.24, 2.45) is 0 Å². The third kappa shape index (κ3) is 4.75. The predicted molar refractivity (Wildman–Crippen MR) is 117 cm³/mol. The number of hydrogen-bond donors (Lipinski definition) is 1. The van der Waals surface area contributed by atoms with Crippen LogP contribution in [0.4, 0.5) is 0 Å². The number of hydrogen-bond acceptors (Lipinski definition) is 4. The number of allylic oxidation sites excluding steroid dienone is 1. The van der Waals surface area contributed by atoms with Crippen molar-refractivity contribution in [3.8, 4) is 22.9 Å². The van der Waals surface area contributed by atoms with Crippen molar-refractivity contribution >= 4 is 12.2 Å². The van der Waals surface area contributed by atoms with Crippen LogP contribution in [0.25, 0.3) is 11.4 Å². The molecule has 1 aromatic heterocycles. The Hall–Kier alpha value is -2.90. The maximum absolute atomic E-state index is 5.72. The smallest absolute Gasteiger partial charge is 0.203 e. The van der Waals surface area contributed by atoms with Crippen LogP contribution in [0.5, 0.6) is 11.5 Å². The van der Waals surface area contributed by atoms with Crippen molar-refractivity contribution < 1.29 is 14.4 Å². The zero-order valence-corrected chi connectivity index (χ0v) is 17.9. The average Bonchev–Trinajstić information content (AvgIpc) is 3.04. The van der Waals surface area contributed by atoms with Gasteiger partial charge in [0.1, 0.15) is 18.0 Å². The van der Waals surface area contributed by atoms with Gasteiger partial charge in [0.25, 0.3) is 0 Å². The summed E-state index contributed by atoms with van der Waals surface area (Å²) < 4.78 is 15.3. The molecule has 1 N–H and O–H groups in total. The van der Waals surface area contributed by atoms with Crippen LogP contribution >= 0.6 is 12.2 Å². The van der Waals surface area contributed by atoms with E-state index >= 15 is 0 Å². The van der Waals surface area contributed by atoms with Crippen LogP contribution < -0.4 is 14.4 Å². The van der Waals surface area contributed by atoms with Gasteiger partial charge in [0.05, 0.1) is 26.8 Å². The first-order chi connectivity index (χ1) is 14.1. The third-order valence-electron chi connectivity index (χ3n) is 4.67. The van der Waals surface area contributed by atoms with E-state index in [0.717, 1.165) is 29.4 Å². The molecule has 1 unspecified atom stereocenters. The van der Waals surface area contributed by atoms with Gasteiger partial charge in [-0.15, -0.1) is 11.7 Å². The average molecular weight is 412 g/mol. The number of para-hydroxylation sites is 1. The Morgan fingerprint density at radius 2 is 1.83 bits per heavy atom. The van der Waals surface area contributed by atoms with Crippen LogP contribution in [-0.4, -0.2) is 35.6 Å². The summed E-state index contributed by atoms with van der Waals surface area (Å²) in [5.74, 6) is 2.41. The number of quaternary nitrogens is 1. The number of benzene rings is 2. The third-order valence-corrected chi connectivity index (χ3v) is 5.10. The Labute approximate surface area is 176 Å². The molecular weight excluding hydrogens is 384 g/mol. The summed E-state index contributed by atoms with van der Waals surface area (Å²) in [6.07, 6.45) is 1.83. The molecule has 0 aliphatic rings. The van der Waals surface area contributed by atoms with Crippen molar-refractivity contribution in [3.63, 3.8) is 0 Å². The highest BCUT2D eigenvalue weighted by atomic mass is 32.1. The SMILES string of the molecule is C=CCn1c(-c2ccccc2OC)nn(C[NH+](C)Cc2ccc(OC)cc2)c1=S. The van der Waals surface area contributed by atoms with E-state index in [4.69, 9.17) is 26.8 Å². The molecule has 3 aromatic rings. The van der Waals surface area contributed by atoms with Crippen molar-refractivity contribution in [3.05, 3.63) is 71.5 Å². The first-order valence-electron chi connectivity index (χ1n) is 9.43. The van der Waals surface area contributed by atoms with Gasteiger partial charge < -0.3 is 14.4 Å². The lowest BCUT2D eigenvalue weighted by Crippen LogP contribution is -3.07. The van der Waals surface area contributed by atoms with Gasteiger partial charge in [-0.05, 0) is 48.6 Å². The summed E-state index contributed by atoms with van der Waals surface area (Å²) in [5.41, 5.74) is 2.14. The number of aromatic nitrogens is 3. The zero-order valence-electron chi connectivity index (χ0n) is 17.1. The van der Waals surface area contributed by atoms with Crippen LogP contribution in [0.1, 0.15) is 5.56 Å². The molecule has 6 nitrogen and oxygen atoms in total. The lowest BCUT2D eigenvalue weighted by molar-refractivity contribution is -0.917. The molecule has 0 amide bonds. The maximum atomic E-state index is 5.72. The minimum atomic E-state index is 0.587. The second-order valence-corrected chi connectivity index (χ2v) is 7.21. The zero-order chi connectivity index (χ0) is 20.8. The fourth-order valence-electron chi connectivity index (χ4n) is 3.27. The number of ether oxygens (including phenoxy) is 2. The number of nitrogens with one attached hydrogen (secondary N) is 1. The molecule has 1 heterocycles. The Bertz CT molecular complexity index is 1020. The van der Waals surface area contributed by atoms with Crippen molar-refractivity contribution in [2.45, 2.75) is 19.8 Å². The highest BCUT2D eigenvalue weighted by molar-refractivity contribution is 7.71. The van der Waals surface area contributed by atoms with Crippen LogP contribution in [0.15, 0.2) is 61.2 Å². The molecule has 29 heavy (non-hydrogen) atoms. The predicted octanol–water partition coefficient (Wildman–Crippen LogP) is 2.96. The molecule has 0 aliphatic carbocycles. The summed E-state index contributed by atoms with van der Waals surface area (Å²) in [5, 5.41) is 4.82. The molecule has 0 spiro atoms. The van der Waals surface area contributed by atoms with Gasteiger partial charge in [-0.2, -0.15) is 4.68 Å². The molecular formula is C22H27N4O2S+. The van der Waals surface area contributed by atoms with Gasteiger partial charge in [0.2, 0.25) is 4.77 Å². The van der Waals surface area contributed by atoms with E-state index in [1.54, 1.807) is 14.2 Å². The van der Waals surface area contributed by atoms with E-state index < -0.39 is 0 Å². The molecule has 2 aromatic carbocycles. The molecule has 152 valence electrons. The molecule has 0 saturated heterocycles. The van der Waals surface area contributed by atoms with Crippen LogP contribution in [0, 0.1) is 4.77 Å². The van der Waals surface area contributed by atoms with E-state index in [1.807, 2.05) is 51.7 Å². The summed E-state index contributed by atoms with van der Waals surface area (Å²) in [7, 11) is 5.46. The Morgan fingerprint density at radius 3 is 2.48 bits per heavy atom. The molecule has 0 aliphatic heterocycles. The van der Waals surface area contributed by atoms with E-state index in [2.05, 4.69) is 25.8 Å². The van der Waals surface area contributed by atoms with Crippen molar-refractivity contribution in [2.75, 3.05) is 21.3 Å². The topological polar surface area (TPSA) is 45.7 Å². The highest BCUT2D eigenvalue weighted by Crippen LogP contribution is 2.28. The normalized spacial score (nSPS) is 11.8. The molecule has 3 rings (SSSR count). The maximum Gasteiger partial charge on any atom is 0.203 e. The lowest BCUT2D eigenvalue weighted by atomic mass is 10.2. The summed E-state index contributed by atoms with van der Waals surface area (Å²) in [6.45, 7) is 5.95. The summed E-state index contributed by atoms with van der Waals surface area (Å²) >= 11 is 5.72. The summed E-state index contributed by atoms with van der Waals surface area (Å²) in [4.78, 5) is 1.26. The molecule has 0 bridgehead atoms. The first-order valence-corrected chi connectivity index (χ1v) is 9.84. The monoisotopic (exact) mass is 411 g/mol. The number of nitrogens with zero attached hydrogens (tertiary/aromatic N) is 3. The second kappa shape index (κ2) is 9.54. The quantitative estimate of drug-likeness (QED) is 0.434. The fourth-order valence-corrected chi connectivity index (χ4v) is 3.54. The van der Waals surface area contributed by atoms with Crippen LogP contribution in [-0.2, 0) is 19.8 Å². The standard InChI is InChI=1S/C22H26N4O2S/c1-5-14-25-21(19-8-6-7-9-20(19)28-4)23-26(22(25)29)16-24(2)15-17-10-12-18(27-3)13-11-17/h5-13H,1,14-16H2,2-4H3/p+1. The fraction of sp³-hybridized carbons (Fsp3) is 0.273. The Balaban J connectivity index is 1.87. The molecule has 0 saturated carbocycles. The number of rotatable bonds is 9. The van der Waals surface area contributed by atoms with E-state index in [1.165, 1.54) is 10.5 Å². The molecule has 0 fully saturated rings. The largest absolute Gasteiger partial charge is 0.497 e. The molecule has 7 heteroatoms.